The summed E-state index contributed by atoms with van der Waals surface area (Å²) in [7, 11) is 2.09. The van der Waals surface area contributed by atoms with E-state index < -0.39 is 0 Å². The highest BCUT2D eigenvalue weighted by atomic mass is 15.6. The van der Waals surface area contributed by atoms with Gasteiger partial charge in [-0.15, -0.1) is 0 Å². The van der Waals surface area contributed by atoms with Crippen LogP contribution in [0.3, 0.4) is 0 Å². The second-order valence-corrected chi connectivity index (χ2v) is 3.59. The molecule has 13 heavy (non-hydrogen) atoms. The Balaban J connectivity index is 2.39. The van der Waals surface area contributed by atoms with Crippen LogP contribution in [0.1, 0.15) is 12.1 Å². The molecule has 3 nitrogen and oxygen atoms in total. The maximum atomic E-state index is 4.49. The smallest absolute Gasteiger partial charge is 0.200 e. The van der Waals surface area contributed by atoms with Crippen LogP contribution >= 0.6 is 0 Å². The van der Waals surface area contributed by atoms with Crippen molar-refractivity contribution in [1.82, 2.24) is 9.58 Å². The molecule has 1 aliphatic rings. The third-order valence-corrected chi connectivity index (χ3v) is 2.40. The van der Waals surface area contributed by atoms with Crippen LogP contribution in [0.15, 0.2) is 23.3 Å². The number of quaternary nitrogens is 1. The quantitative estimate of drug-likeness (QED) is 0.598. The van der Waals surface area contributed by atoms with Crippen molar-refractivity contribution in [3.8, 4) is 0 Å². The number of aryl methyl sites for hydroxylation is 1. The van der Waals surface area contributed by atoms with Crippen LogP contribution in [0.4, 0.5) is 5.82 Å². The summed E-state index contributed by atoms with van der Waals surface area (Å²) in [6.45, 7) is 3.03. The van der Waals surface area contributed by atoms with Gasteiger partial charge in [0.05, 0.1) is 13.3 Å². The average Bonchev–Trinajstić information content (AvgIpc) is 2.54. The van der Waals surface area contributed by atoms with Gasteiger partial charge in [0.15, 0.2) is 0 Å². The summed E-state index contributed by atoms with van der Waals surface area (Å²) < 4.78 is 0.599. The highest BCUT2D eigenvalue weighted by Gasteiger charge is 2.29. The van der Waals surface area contributed by atoms with Gasteiger partial charge in [-0.3, -0.25) is 0 Å². The van der Waals surface area contributed by atoms with E-state index in [4.69, 9.17) is 0 Å². The minimum Gasteiger partial charge on any atom is -0.200 e. The Bertz CT molecular complexity index is 346. The Morgan fingerprint density at radius 3 is 2.85 bits per heavy atom. The first-order valence-electron chi connectivity index (χ1n) is 4.54. The van der Waals surface area contributed by atoms with Gasteiger partial charge in [-0.25, -0.2) is 0 Å². The summed E-state index contributed by atoms with van der Waals surface area (Å²) >= 11 is 0. The number of hydrogen-bond acceptors (Lipinski definition) is 2. The van der Waals surface area contributed by atoms with Gasteiger partial charge in [-0.05, 0) is 13.0 Å². The molecule has 68 valence electrons. The number of rotatable bonds is 1. The third-order valence-electron chi connectivity index (χ3n) is 2.40. The lowest BCUT2D eigenvalue weighted by molar-refractivity contribution is 0.372. The molecule has 3 heteroatoms. The summed E-state index contributed by atoms with van der Waals surface area (Å²) in [6.07, 6.45) is 3.02. The molecule has 0 amide bonds. The zero-order valence-electron chi connectivity index (χ0n) is 8.07. The van der Waals surface area contributed by atoms with Crippen molar-refractivity contribution in [2.75, 3.05) is 13.6 Å². The van der Waals surface area contributed by atoms with E-state index in [0.29, 0.717) is 4.59 Å². The highest BCUT2D eigenvalue weighted by molar-refractivity contribution is 5.62. The predicted octanol–water partition coefficient (Wildman–Crippen LogP) is 1.72. The van der Waals surface area contributed by atoms with Gasteiger partial charge in [0.25, 0.3) is 5.82 Å². The van der Waals surface area contributed by atoms with Gasteiger partial charge in [0.2, 0.25) is 0 Å². The molecular formula is C10H14N3+. The fourth-order valence-corrected chi connectivity index (χ4v) is 1.58. The van der Waals surface area contributed by atoms with Crippen molar-refractivity contribution in [3.05, 3.63) is 23.9 Å². The van der Waals surface area contributed by atoms with Crippen molar-refractivity contribution < 1.29 is 0 Å². The first kappa shape index (κ1) is 8.38. The van der Waals surface area contributed by atoms with Gasteiger partial charge in [-0.2, -0.15) is 9.58 Å². The van der Waals surface area contributed by atoms with Gasteiger partial charge in [0, 0.05) is 18.2 Å². The lowest BCUT2D eigenvalue weighted by Crippen LogP contribution is -2.37. The molecule has 1 aliphatic heterocycles. The monoisotopic (exact) mass is 176 g/mol. The summed E-state index contributed by atoms with van der Waals surface area (Å²) in [6, 6.07) is 6.08. The van der Waals surface area contributed by atoms with Crippen molar-refractivity contribution in [3.63, 3.8) is 0 Å². The molecule has 2 heterocycles. The third kappa shape index (κ3) is 1.47. The lowest BCUT2D eigenvalue weighted by Gasteiger charge is -2.21. The number of hydrogen-bond donors (Lipinski definition) is 0. The Morgan fingerprint density at radius 1 is 1.38 bits per heavy atom. The van der Waals surface area contributed by atoms with Gasteiger partial charge in [0.1, 0.15) is 6.54 Å². The molecule has 0 fully saturated rings. The molecule has 1 unspecified atom stereocenters. The molecule has 0 saturated carbocycles. The van der Waals surface area contributed by atoms with Gasteiger partial charge in [-0.1, -0.05) is 11.2 Å². The largest absolute Gasteiger partial charge is 0.254 e. The van der Waals surface area contributed by atoms with Crippen molar-refractivity contribution in [2.24, 2.45) is 5.10 Å². The minimum absolute atomic E-state index is 0.599. The molecule has 2 rings (SSSR count). The summed E-state index contributed by atoms with van der Waals surface area (Å²) in [4.78, 5) is 4.49. The number of aromatic nitrogens is 1. The second-order valence-electron chi connectivity index (χ2n) is 3.59. The van der Waals surface area contributed by atoms with Crippen LogP contribution < -0.4 is 4.59 Å². The van der Waals surface area contributed by atoms with E-state index in [-0.39, 0.29) is 0 Å². The molecule has 1 aromatic rings. The molecule has 0 saturated heterocycles. The van der Waals surface area contributed by atoms with Crippen LogP contribution in [0.5, 0.6) is 0 Å². The fourth-order valence-electron chi connectivity index (χ4n) is 1.58. The standard InChI is InChI=1S/C10H14N3/c1-9-5-3-6-10(12-9)13(2)8-4-7-11-13/h3,5-7H,4,8H2,1-2H3/q+1. The van der Waals surface area contributed by atoms with Crippen LogP contribution in [0.25, 0.3) is 0 Å². The van der Waals surface area contributed by atoms with E-state index in [0.717, 1.165) is 24.5 Å². The topological polar surface area (TPSA) is 25.2 Å². The van der Waals surface area contributed by atoms with Gasteiger partial charge >= 0.3 is 0 Å². The first-order valence-corrected chi connectivity index (χ1v) is 4.54. The van der Waals surface area contributed by atoms with E-state index in [1.54, 1.807) is 0 Å². The highest BCUT2D eigenvalue weighted by Crippen LogP contribution is 2.22. The normalized spacial score (nSPS) is 26.6. The Morgan fingerprint density at radius 2 is 2.23 bits per heavy atom. The number of pyridine rings is 1. The molecular weight excluding hydrogens is 162 g/mol. The minimum atomic E-state index is 0.599. The average molecular weight is 176 g/mol. The maximum absolute atomic E-state index is 4.49. The zero-order valence-corrected chi connectivity index (χ0v) is 8.07. The molecule has 1 atom stereocenters. The van der Waals surface area contributed by atoms with Crippen LogP contribution in [0.2, 0.25) is 0 Å². The molecule has 1 aromatic heterocycles. The van der Waals surface area contributed by atoms with E-state index in [1.807, 2.05) is 31.3 Å². The Labute approximate surface area is 78.3 Å². The molecule has 0 bridgehead atoms. The maximum Gasteiger partial charge on any atom is 0.254 e. The molecule has 0 radical (unpaired) electrons. The molecule has 0 aromatic carbocycles. The van der Waals surface area contributed by atoms with Crippen LogP contribution in [-0.2, 0) is 0 Å². The van der Waals surface area contributed by atoms with Crippen LogP contribution in [0, 0.1) is 6.92 Å². The van der Waals surface area contributed by atoms with E-state index in [2.05, 4.69) is 17.1 Å². The molecule has 0 spiro atoms. The van der Waals surface area contributed by atoms with Crippen molar-refractivity contribution in [2.45, 2.75) is 13.3 Å². The summed E-state index contributed by atoms with van der Waals surface area (Å²) in [5.74, 6) is 1.04. The van der Waals surface area contributed by atoms with Crippen LogP contribution in [-0.4, -0.2) is 24.8 Å². The first-order chi connectivity index (χ1) is 6.21. The van der Waals surface area contributed by atoms with E-state index >= 15 is 0 Å². The number of nitrogens with zero attached hydrogens (tertiary/aromatic N) is 3. The lowest BCUT2D eigenvalue weighted by atomic mass is 10.3. The molecule has 0 N–H and O–H groups in total. The summed E-state index contributed by atoms with van der Waals surface area (Å²) in [5, 5.41) is 4.43. The zero-order chi connectivity index (χ0) is 9.31. The fraction of sp³-hybridized carbons (Fsp3) is 0.400. The van der Waals surface area contributed by atoms with E-state index in [9.17, 15) is 0 Å². The predicted molar refractivity (Wildman–Crippen MR) is 54.7 cm³/mol. The van der Waals surface area contributed by atoms with Crippen molar-refractivity contribution in [1.29, 1.82) is 0 Å². The Kier molecular flexibility index (Phi) is 1.88. The van der Waals surface area contributed by atoms with Crippen molar-refractivity contribution >= 4 is 12.0 Å². The van der Waals surface area contributed by atoms with Gasteiger partial charge < -0.3 is 0 Å². The van der Waals surface area contributed by atoms with E-state index in [1.165, 1.54) is 0 Å². The second kappa shape index (κ2) is 2.92. The Hall–Kier alpha value is -1.22. The molecule has 0 aliphatic carbocycles. The summed E-state index contributed by atoms with van der Waals surface area (Å²) in [5.41, 5.74) is 1.05. The SMILES string of the molecule is Cc1cccc([N+]2(C)CCC=N2)n1.